The molecule has 5 nitrogen and oxygen atoms in total. The van der Waals surface area contributed by atoms with E-state index in [1.54, 1.807) is 18.3 Å². The fourth-order valence-electron chi connectivity index (χ4n) is 2.69. The largest absolute Gasteiger partial charge is 0.504 e. The SMILES string of the molecule is COc1ccc(C2(C)C=NN(c3ccccc3)C(=O)C2)cc1O. The molecule has 0 saturated heterocycles. The Morgan fingerprint density at radius 3 is 2.57 bits per heavy atom. The lowest BCUT2D eigenvalue weighted by Gasteiger charge is -2.32. The molecule has 3 rings (SSSR count). The number of methoxy groups -OCH3 is 1. The van der Waals surface area contributed by atoms with Gasteiger partial charge in [0.15, 0.2) is 11.5 Å². The number of hydrogen-bond acceptors (Lipinski definition) is 4. The van der Waals surface area contributed by atoms with Gasteiger partial charge >= 0.3 is 0 Å². The van der Waals surface area contributed by atoms with Crippen molar-refractivity contribution in [1.29, 1.82) is 0 Å². The summed E-state index contributed by atoms with van der Waals surface area (Å²) in [6.45, 7) is 1.93. The van der Waals surface area contributed by atoms with Crippen LogP contribution in [0.25, 0.3) is 0 Å². The number of rotatable bonds is 3. The van der Waals surface area contributed by atoms with Crippen molar-refractivity contribution in [3.05, 3.63) is 54.1 Å². The van der Waals surface area contributed by atoms with Crippen molar-refractivity contribution in [2.75, 3.05) is 12.1 Å². The van der Waals surface area contributed by atoms with Gasteiger partial charge in [-0.3, -0.25) is 4.79 Å². The quantitative estimate of drug-likeness (QED) is 0.947. The summed E-state index contributed by atoms with van der Waals surface area (Å²) < 4.78 is 5.06. The van der Waals surface area contributed by atoms with Gasteiger partial charge in [-0.25, -0.2) is 5.01 Å². The van der Waals surface area contributed by atoms with E-state index in [0.717, 1.165) is 11.3 Å². The molecule has 0 fully saturated rings. The average molecular weight is 310 g/mol. The molecule has 1 unspecified atom stereocenters. The van der Waals surface area contributed by atoms with Crippen LogP contribution < -0.4 is 9.75 Å². The number of amides is 1. The number of nitrogens with zero attached hydrogens (tertiary/aromatic N) is 2. The summed E-state index contributed by atoms with van der Waals surface area (Å²) in [7, 11) is 1.50. The second-order valence-corrected chi connectivity index (χ2v) is 5.77. The minimum atomic E-state index is -0.563. The molecule has 2 aromatic rings. The molecule has 1 aliphatic heterocycles. The Bertz CT molecular complexity index is 758. The molecule has 0 spiro atoms. The van der Waals surface area contributed by atoms with Crippen LogP contribution in [0.5, 0.6) is 11.5 Å². The van der Waals surface area contributed by atoms with E-state index in [4.69, 9.17) is 4.74 Å². The number of anilines is 1. The normalized spacial score (nSPS) is 20.6. The molecule has 0 aliphatic carbocycles. The maximum absolute atomic E-state index is 12.5. The first-order valence-electron chi connectivity index (χ1n) is 7.34. The topological polar surface area (TPSA) is 62.1 Å². The third kappa shape index (κ3) is 2.77. The highest BCUT2D eigenvalue weighted by Gasteiger charge is 2.35. The zero-order valence-electron chi connectivity index (χ0n) is 13.1. The van der Waals surface area contributed by atoms with Crippen LogP contribution in [-0.2, 0) is 10.2 Å². The number of carbonyl (C=O) groups excluding carboxylic acids is 1. The van der Waals surface area contributed by atoms with Crippen molar-refractivity contribution in [2.45, 2.75) is 18.8 Å². The Morgan fingerprint density at radius 2 is 1.96 bits per heavy atom. The Morgan fingerprint density at radius 1 is 1.22 bits per heavy atom. The molecular formula is C18H18N2O3. The number of phenolic OH excluding ortho intramolecular Hbond substituents is 1. The molecule has 0 saturated carbocycles. The second kappa shape index (κ2) is 5.76. The molecule has 0 aromatic heterocycles. The third-order valence-corrected chi connectivity index (χ3v) is 4.05. The summed E-state index contributed by atoms with van der Waals surface area (Å²) >= 11 is 0. The van der Waals surface area contributed by atoms with E-state index in [1.807, 2.05) is 43.3 Å². The number of hydrazone groups is 1. The van der Waals surface area contributed by atoms with Gasteiger partial charge in [0.1, 0.15) is 0 Å². The van der Waals surface area contributed by atoms with E-state index >= 15 is 0 Å². The second-order valence-electron chi connectivity index (χ2n) is 5.77. The lowest BCUT2D eigenvalue weighted by atomic mass is 9.79. The van der Waals surface area contributed by atoms with E-state index in [0.29, 0.717) is 5.75 Å². The summed E-state index contributed by atoms with van der Waals surface area (Å²) in [5.41, 5.74) is 1.00. The highest BCUT2D eigenvalue weighted by molar-refractivity contribution is 6.00. The van der Waals surface area contributed by atoms with Crippen LogP contribution in [0, 0.1) is 0 Å². The van der Waals surface area contributed by atoms with Gasteiger partial charge < -0.3 is 9.84 Å². The van der Waals surface area contributed by atoms with E-state index in [2.05, 4.69) is 5.10 Å². The predicted molar refractivity (Wildman–Crippen MR) is 89.0 cm³/mol. The molecule has 1 amide bonds. The van der Waals surface area contributed by atoms with Crippen molar-refractivity contribution in [3.63, 3.8) is 0 Å². The molecule has 118 valence electrons. The lowest BCUT2D eigenvalue weighted by molar-refractivity contribution is -0.119. The number of phenols is 1. The predicted octanol–water partition coefficient (Wildman–Crippen LogP) is 3.08. The Labute approximate surface area is 134 Å². The molecule has 0 radical (unpaired) electrons. The van der Waals surface area contributed by atoms with Crippen LogP contribution in [0.15, 0.2) is 53.6 Å². The number of aromatic hydroxyl groups is 1. The summed E-state index contributed by atoms with van der Waals surface area (Å²) in [5.74, 6) is 0.372. The van der Waals surface area contributed by atoms with Crippen molar-refractivity contribution in [1.82, 2.24) is 0 Å². The number of para-hydroxylation sites is 1. The van der Waals surface area contributed by atoms with Crippen LogP contribution >= 0.6 is 0 Å². The average Bonchev–Trinajstić information content (AvgIpc) is 2.55. The van der Waals surface area contributed by atoms with Gasteiger partial charge in [0.05, 0.1) is 12.8 Å². The van der Waals surface area contributed by atoms with Crippen LogP contribution in [-0.4, -0.2) is 24.3 Å². The van der Waals surface area contributed by atoms with Crippen LogP contribution in [0.4, 0.5) is 5.69 Å². The molecule has 0 bridgehead atoms. The molecule has 1 aliphatic rings. The Kier molecular flexibility index (Phi) is 3.78. The Hall–Kier alpha value is -2.82. The molecular weight excluding hydrogens is 292 g/mol. The maximum atomic E-state index is 12.5. The molecule has 1 N–H and O–H groups in total. The molecule has 23 heavy (non-hydrogen) atoms. The van der Waals surface area contributed by atoms with E-state index in [9.17, 15) is 9.90 Å². The minimum Gasteiger partial charge on any atom is -0.504 e. The number of benzene rings is 2. The van der Waals surface area contributed by atoms with Gasteiger partial charge in [-0.2, -0.15) is 5.10 Å². The molecule has 5 heteroatoms. The van der Waals surface area contributed by atoms with Gasteiger partial charge in [0, 0.05) is 18.1 Å². The van der Waals surface area contributed by atoms with Crippen LogP contribution in [0.1, 0.15) is 18.9 Å². The first-order chi connectivity index (χ1) is 11.0. The van der Waals surface area contributed by atoms with Crippen molar-refractivity contribution >= 4 is 17.8 Å². The molecule has 1 atom stereocenters. The lowest BCUT2D eigenvalue weighted by Crippen LogP contribution is -2.40. The number of hydrogen-bond donors (Lipinski definition) is 1. The zero-order valence-corrected chi connectivity index (χ0v) is 13.1. The maximum Gasteiger partial charge on any atom is 0.248 e. The molecule has 1 heterocycles. The van der Waals surface area contributed by atoms with E-state index < -0.39 is 5.41 Å². The smallest absolute Gasteiger partial charge is 0.248 e. The first kappa shape index (κ1) is 15.1. The van der Waals surface area contributed by atoms with Gasteiger partial charge in [0.25, 0.3) is 0 Å². The summed E-state index contributed by atoms with van der Waals surface area (Å²) in [4.78, 5) is 12.5. The third-order valence-electron chi connectivity index (χ3n) is 4.05. The fraction of sp³-hybridized carbons (Fsp3) is 0.222. The van der Waals surface area contributed by atoms with Crippen LogP contribution in [0.2, 0.25) is 0 Å². The van der Waals surface area contributed by atoms with E-state index in [1.165, 1.54) is 12.1 Å². The highest BCUT2D eigenvalue weighted by atomic mass is 16.5. The molecule has 2 aromatic carbocycles. The summed E-state index contributed by atoms with van der Waals surface area (Å²) in [5, 5.41) is 15.7. The standard InChI is InChI=1S/C18H18N2O3/c1-18(13-8-9-16(23-2)15(21)10-13)11-17(22)20(19-12-18)14-6-4-3-5-7-14/h3-10,12,21H,11H2,1-2H3. The monoisotopic (exact) mass is 310 g/mol. The summed E-state index contributed by atoms with van der Waals surface area (Å²) in [6.07, 6.45) is 2.03. The van der Waals surface area contributed by atoms with E-state index in [-0.39, 0.29) is 18.1 Å². The first-order valence-corrected chi connectivity index (χ1v) is 7.34. The Balaban J connectivity index is 1.93. The fourth-order valence-corrected chi connectivity index (χ4v) is 2.69. The van der Waals surface area contributed by atoms with Crippen molar-refractivity contribution in [2.24, 2.45) is 5.10 Å². The van der Waals surface area contributed by atoms with Gasteiger partial charge in [-0.15, -0.1) is 0 Å². The van der Waals surface area contributed by atoms with Gasteiger partial charge in [-0.1, -0.05) is 24.3 Å². The van der Waals surface area contributed by atoms with Crippen molar-refractivity contribution < 1.29 is 14.6 Å². The highest BCUT2D eigenvalue weighted by Crippen LogP contribution is 2.36. The zero-order chi connectivity index (χ0) is 16.4. The van der Waals surface area contributed by atoms with Gasteiger partial charge in [0.2, 0.25) is 5.91 Å². The van der Waals surface area contributed by atoms with Crippen LogP contribution in [0.3, 0.4) is 0 Å². The van der Waals surface area contributed by atoms with Crippen molar-refractivity contribution in [3.8, 4) is 11.5 Å². The summed E-state index contributed by atoms with van der Waals surface area (Å²) in [6, 6.07) is 14.5. The number of carbonyl (C=O) groups is 1. The minimum absolute atomic E-state index is 0.0533. The number of ether oxygens (including phenoxy) is 1. The van der Waals surface area contributed by atoms with Gasteiger partial charge in [-0.05, 0) is 36.8 Å².